The first-order valence-corrected chi connectivity index (χ1v) is 5.25. The van der Waals surface area contributed by atoms with E-state index in [0.29, 0.717) is 23.0 Å². The highest BCUT2D eigenvalue weighted by Crippen LogP contribution is 2.34. The molecule has 0 atom stereocenters. The second-order valence-electron chi connectivity index (χ2n) is 3.84. The van der Waals surface area contributed by atoms with Gasteiger partial charge in [0.25, 0.3) is 0 Å². The summed E-state index contributed by atoms with van der Waals surface area (Å²) in [6.07, 6.45) is -2.64. The molecule has 0 aliphatic heterocycles. The molecule has 0 amide bonds. The lowest BCUT2D eigenvalue weighted by Crippen LogP contribution is -2.09. The van der Waals surface area contributed by atoms with E-state index in [1.54, 1.807) is 13.8 Å². The number of halogens is 3. The molecular weight excluding hydrogens is 229 g/mol. The average Bonchev–Trinajstić information content (AvgIpc) is 2.26. The molecule has 1 heterocycles. The molecule has 0 N–H and O–H groups in total. The third-order valence-electron chi connectivity index (χ3n) is 2.75. The van der Waals surface area contributed by atoms with Crippen LogP contribution >= 0.6 is 0 Å². The Kier molecular flexibility index (Phi) is 2.77. The summed E-state index contributed by atoms with van der Waals surface area (Å²) < 4.78 is 38.6. The monoisotopic (exact) mass is 240 g/mol. The van der Waals surface area contributed by atoms with Crippen LogP contribution < -0.4 is 0 Å². The van der Waals surface area contributed by atoms with Crippen LogP contribution in [0.4, 0.5) is 13.2 Å². The summed E-state index contributed by atoms with van der Waals surface area (Å²) in [6.45, 7) is 3.38. The minimum Gasteiger partial charge on any atom is -0.241 e. The summed E-state index contributed by atoms with van der Waals surface area (Å²) in [5.41, 5.74) is 0.791. The highest BCUT2D eigenvalue weighted by Gasteiger charge is 2.33. The van der Waals surface area contributed by atoms with E-state index >= 15 is 0 Å². The first-order valence-electron chi connectivity index (χ1n) is 5.25. The van der Waals surface area contributed by atoms with Crippen LogP contribution in [0.25, 0.3) is 10.9 Å². The summed E-state index contributed by atoms with van der Waals surface area (Å²) in [5, 5.41) is 0.456. The Morgan fingerprint density at radius 1 is 1.18 bits per heavy atom. The van der Waals surface area contributed by atoms with Gasteiger partial charge in [0.05, 0.1) is 11.1 Å². The maximum Gasteiger partial charge on any atom is 0.416 e. The third-order valence-corrected chi connectivity index (χ3v) is 2.75. The molecular formula is C12H11F3N2. The van der Waals surface area contributed by atoms with Crippen LogP contribution in [0.3, 0.4) is 0 Å². The number of nitrogens with zero attached hydrogens (tertiary/aromatic N) is 2. The van der Waals surface area contributed by atoms with E-state index in [-0.39, 0.29) is 5.56 Å². The molecule has 1 aromatic carbocycles. The van der Waals surface area contributed by atoms with Crippen LogP contribution in [0.15, 0.2) is 18.5 Å². The molecule has 0 radical (unpaired) electrons. The molecule has 0 unspecified atom stereocenters. The Bertz CT molecular complexity index is 561. The van der Waals surface area contributed by atoms with E-state index in [4.69, 9.17) is 0 Å². The van der Waals surface area contributed by atoms with Gasteiger partial charge in [-0.3, -0.25) is 0 Å². The van der Waals surface area contributed by atoms with Gasteiger partial charge in [-0.05, 0) is 31.0 Å². The number of rotatable bonds is 1. The molecule has 0 fully saturated rings. The van der Waals surface area contributed by atoms with Crippen molar-refractivity contribution in [3.63, 3.8) is 0 Å². The fourth-order valence-electron chi connectivity index (χ4n) is 1.83. The van der Waals surface area contributed by atoms with Crippen LogP contribution in [0, 0.1) is 6.92 Å². The van der Waals surface area contributed by atoms with Gasteiger partial charge < -0.3 is 0 Å². The molecule has 0 saturated carbocycles. The maximum atomic E-state index is 12.9. The van der Waals surface area contributed by atoms with Gasteiger partial charge in [-0.2, -0.15) is 13.2 Å². The number of hydrogen-bond donors (Lipinski definition) is 0. The van der Waals surface area contributed by atoms with E-state index in [0.717, 1.165) is 6.07 Å². The molecule has 2 nitrogen and oxygen atoms in total. The van der Waals surface area contributed by atoms with Gasteiger partial charge in [-0.25, -0.2) is 9.97 Å². The van der Waals surface area contributed by atoms with Crippen molar-refractivity contribution in [3.8, 4) is 0 Å². The lowest BCUT2D eigenvalue weighted by atomic mass is 10.0. The molecule has 2 rings (SSSR count). The summed E-state index contributed by atoms with van der Waals surface area (Å²) in [5.74, 6) is 0. The van der Waals surface area contributed by atoms with Crippen LogP contribution in [-0.4, -0.2) is 9.97 Å². The van der Waals surface area contributed by atoms with Gasteiger partial charge >= 0.3 is 6.18 Å². The number of aryl methyl sites for hydroxylation is 2. The second kappa shape index (κ2) is 3.98. The number of alkyl halides is 3. The van der Waals surface area contributed by atoms with Crippen LogP contribution in [0.2, 0.25) is 0 Å². The summed E-state index contributed by atoms with van der Waals surface area (Å²) in [4.78, 5) is 7.90. The van der Waals surface area contributed by atoms with E-state index in [9.17, 15) is 13.2 Å². The van der Waals surface area contributed by atoms with Crippen molar-refractivity contribution >= 4 is 10.9 Å². The summed E-state index contributed by atoms with van der Waals surface area (Å²) >= 11 is 0. The van der Waals surface area contributed by atoms with Crippen LogP contribution in [-0.2, 0) is 12.6 Å². The van der Waals surface area contributed by atoms with Crippen molar-refractivity contribution in [3.05, 3.63) is 35.3 Å². The molecule has 1 aromatic heterocycles. The predicted molar refractivity (Wildman–Crippen MR) is 58.7 cm³/mol. The van der Waals surface area contributed by atoms with Crippen molar-refractivity contribution < 1.29 is 13.2 Å². The van der Waals surface area contributed by atoms with Crippen molar-refractivity contribution in [2.45, 2.75) is 26.4 Å². The van der Waals surface area contributed by atoms with Gasteiger partial charge in [-0.15, -0.1) is 0 Å². The zero-order valence-electron chi connectivity index (χ0n) is 9.47. The largest absolute Gasteiger partial charge is 0.416 e. The Hall–Kier alpha value is -1.65. The normalized spacial score (nSPS) is 12.1. The van der Waals surface area contributed by atoms with Crippen molar-refractivity contribution in [2.75, 3.05) is 0 Å². The smallest absolute Gasteiger partial charge is 0.241 e. The zero-order chi connectivity index (χ0) is 12.6. The van der Waals surface area contributed by atoms with E-state index in [1.807, 2.05) is 0 Å². The lowest BCUT2D eigenvalue weighted by molar-refractivity contribution is -0.138. The molecule has 17 heavy (non-hydrogen) atoms. The van der Waals surface area contributed by atoms with Gasteiger partial charge in [0, 0.05) is 11.1 Å². The molecule has 0 aliphatic carbocycles. The van der Waals surface area contributed by atoms with Gasteiger partial charge in [0.15, 0.2) is 0 Å². The molecule has 0 bridgehead atoms. The molecule has 0 aliphatic rings. The number of fused-ring (bicyclic) bond motifs is 1. The molecule has 90 valence electrons. The van der Waals surface area contributed by atoms with Gasteiger partial charge in [0.2, 0.25) is 0 Å². The van der Waals surface area contributed by atoms with Crippen LogP contribution in [0.1, 0.15) is 23.7 Å². The highest BCUT2D eigenvalue weighted by atomic mass is 19.4. The van der Waals surface area contributed by atoms with Crippen molar-refractivity contribution in [1.82, 2.24) is 9.97 Å². The first-order chi connectivity index (χ1) is 7.93. The van der Waals surface area contributed by atoms with E-state index in [1.165, 1.54) is 12.4 Å². The Morgan fingerprint density at radius 2 is 1.88 bits per heavy atom. The maximum absolute atomic E-state index is 12.9. The molecule has 0 saturated heterocycles. The number of aromatic nitrogens is 2. The minimum absolute atomic E-state index is 0.267. The topological polar surface area (TPSA) is 25.8 Å². The van der Waals surface area contributed by atoms with E-state index in [2.05, 4.69) is 9.97 Å². The Labute approximate surface area is 96.5 Å². The molecule has 0 spiro atoms. The first kappa shape index (κ1) is 11.8. The summed E-state index contributed by atoms with van der Waals surface area (Å²) in [7, 11) is 0. The molecule has 2 aromatic rings. The third kappa shape index (κ3) is 2.09. The van der Waals surface area contributed by atoms with E-state index < -0.39 is 11.7 Å². The summed E-state index contributed by atoms with van der Waals surface area (Å²) in [6, 6.07) is 2.64. The fraction of sp³-hybridized carbons (Fsp3) is 0.333. The SMILES string of the molecule is CCc1cc2ncnc(C)c2cc1C(F)(F)F. The fourth-order valence-corrected chi connectivity index (χ4v) is 1.83. The second-order valence-corrected chi connectivity index (χ2v) is 3.84. The van der Waals surface area contributed by atoms with Crippen LogP contribution in [0.5, 0.6) is 0 Å². The number of hydrogen-bond acceptors (Lipinski definition) is 2. The van der Waals surface area contributed by atoms with Gasteiger partial charge in [-0.1, -0.05) is 6.92 Å². The molecule has 5 heteroatoms. The number of benzene rings is 1. The van der Waals surface area contributed by atoms with Crippen molar-refractivity contribution in [2.24, 2.45) is 0 Å². The van der Waals surface area contributed by atoms with Gasteiger partial charge in [0.1, 0.15) is 6.33 Å². The predicted octanol–water partition coefficient (Wildman–Crippen LogP) is 3.52. The standard InChI is InChI=1S/C12H11F3N2/c1-3-8-4-11-9(7(2)16-6-17-11)5-10(8)12(13,14)15/h4-6H,3H2,1-2H3. The van der Waals surface area contributed by atoms with Crippen molar-refractivity contribution in [1.29, 1.82) is 0 Å². The zero-order valence-corrected chi connectivity index (χ0v) is 9.47. The lowest BCUT2D eigenvalue weighted by Gasteiger charge is -2.13. The highest BCUT2D eigenvalue weighted by molar-refractivity contribution is 5.82. The quantitative estimate of drug-likeness (QED) is 0.762. The Morgan fingerprint density at radius 3 is 2.47 bits per heavy atom. The minimum atomic E-state index is -4.33. The Balaban J connectivity index is 2.79. The average molecular weight is 240 g/mol.